The molecule has 0 aromatic carbocycles. The largest absolute Gasteiger partial charge is 0.481 e. The van der Waals surface area contributed by atoms with E-state index in [-0.39, 0.29) is 18.0 Å². The molecule has 2 fully saturated rings. The summed E-state index contributed by atoms with van der Waals surface area (Å²) in [7, 11) is 1.91. The van der Waals surface area contributed by atoms with Gasteiger partial charge in [0, 0.05) is 19.1 Å². The fraction of sp³-hybridized carbons (Fsp3) is 0.882. The van der Waals surface area contributed by atoms with Gasteiger partial charge in [-0.05, 0) is 38.5 Å². The average Bonchev–Trinajstić information content (AvgIpc) is 2.47. The van der Waals surface area contributed by atoms with E-state index in [4.69, 9.17) is 5.11 Å². The first-order valence-corrected chi connectivity index (χ1v) is 8.84. The van der Waals surface area contributed by atoms with E-state index in [9.17, 15) is 9.59 Å². The van der Waals surface area contributed by atoms with Crippen LogP contribution in [0.1, 0.15) is 70.6 Å². The van der Waals surface area contributed by atoms with Crippen molar-refractivity contribution in [3.05, 3.63) is 0 Å². The molecule has 5 heteroatoms. The van der Waals surface area contributed by atoms with E-state index in [0.717, 1.165) is 25.7 Å². The van der Waals surface area contributed by atoms with E-state index in [2.05, 4.69) is 5.32 Å². The van der Waals surface area contributed by atoms with Crippen LogP contribution in [0, 0.1) is 5.92 Å². The summed E-state index contributed by atoms with van der Waals surface area (Å²) in [5, 5.41) is 12.1. The molecule has 2 aliphatic carbocycles. The maximum absolute atomic E-state index is 12.4. The highest BCUT2D eigenvalue weighted by Gasteiger charge is 2.28. The van der Waals surface area contributed by atoms with Crippen LogP contribution in [0.25, 0.3) is 0 Å². The smallest absolute Gasteiger partial charge is 0.317 e. The van der Waals surface area contributed by atoms with Crippen LogP contribution in [0.4, 0.5) is 4.79 Å². The summed E-state index contributed by atoms with van der Waals surface area (Å²) >= 11 is 0. The molecule has 2 saturated carbocycles. The molecular formula is C17H30N2O3. The second-order valence-electron chi connectivity index (χ2n) is 6.95. The molecule has 22 heavy (non-hydrogen) atoms. The van der Waals surface area contributed by atoms with Crippen molar-refractivity contribution in [2.45, 2.75) is 82.7 Å². The number of carboxylic acid groups (broad SMARTS) is 1. The number of rotatable bonds is 3. The second kappa shape index (κ2) is 8.39. The molecule has 2 N–H and O–H groups in total. The third-order valence-electron chi connectivity index (χ3n) is 5.35. The van der Waals surface area contributed by atoms with Gasteiger partial charge in [-0.25, -0.2) is 4.79 Å². The van der Waals surface area contributed by atoms with Crippen molar-refractivity contribution in [3.8, 4) is 0 Å². The van der Waals surface area contributed by atoms with Crippen molar-refractivity contribution >= 4 is 12.0 Å². The molecular weight excluding hydrogens is 280 g/mol. The Morgan fingerprint density at radius 2 is 1.45 bits per heavy atom. The monoisotopic (exact) mass is 310 g/mol. The number of aliphatic carboxylic acids is 1. The molecule has 0 unspecified atom stereocenters. The third-order valence-corrected chi connectivity index (χ3v) is 5.35. The first kappa shape index (κ1) is 17.1. The molecule has 5 nitrogen and oxygen atoms in total. The molecule has 0 heterocycles. The summed E-state index contributed by atoms with van der Waals surface area (Å²) in [6.07, 6.45) is 11.4. The lowest BCUT2D eigenvalue weighted by Crippen LogP contribution is -2.48. The number of hydrogen-bond donors (Lipinski definition) is 2. The van der Waals surface area contributed by atoms with E-state index < -0.39 is 5.97 Å². The number of carbonyl (C=O) groups excluding carboxylic acids is 1. The van der Waals surface area contributed by atoms with Gasteiger partial charge in [0.25, 0.3) is 0 Å². The Balaban J connectivity index is 1.77. The zero-order chi connectivity index (χ0) is 15.9. The minimum atomic E-state index is -0.698. The van der Waals surface area contributed by atoms with E-state index in [1.165, 1.54) is 32.1 Å². The summed E-state index contributed by atoms with van der Waals surface area (Å²) in [5.41, 5.74) is 0. The topological polar surface area (TPSA) is 69.6 Å². The van der Waals surface area contributed by atoms with Gasteiger partial charge in [-0.1, -0.05) is 32.1 Å². The van der Waals surface area contributed by atoms with E-state index in [1.54, 1.807) is 0 Å². The van der Waals surface area contributed by atoms with Crippen molar-refractivity contribution in [1.29, 1.82) is 0 Å². The fourth-order valence-electron chi connectivity index (χ4n) is 3.75. The molecule has 0 aromatic rings. The van der Waals surface area contributed by atoms with Crippen LogP contribution < -0.4 is 5.32 Å². The Kier molecular flexibility index (Phi) is 6.52. The number of nitrogens with one attached hydrogen (secondary N) is 1. The minimum Gasteiger partial charge on any atom is -0.481 e. The Morgan fingerprint density at radius 1 is 0.909 bits per heavy atom. The molecule has 2 rings (SSSR count). The fourth-order valence-corrected chi connectivity index (χ4v) is 3.75. The van der Waals surface area contributed by atoms with Gasteiger partial charge >= 0.3 is 12.0 Å². The zero-order valence-electron chi connectivity index (χ0n) is 13.7. The van der Waals surface area contributed by atoms with Crippen LogP contribution in [-0.2, 0) is 4.79 Å². The number of carbonyl (C=O) groups is 2. The predicted octanol–water partition coefficient (Wildman–Crippen LogP) is 3.38. The number of nitrogens with zero attached hydrogens (tertiary/aromatic N) is 1. The first-order valence-electron chi connectivity index (χ1n) is 8.84. The maximum Gasteiger partial charge on any atom is 0.317 e. The Morgan fingerprint density at radius 3 is 2.00 bits per heavy atom. The highest BCUT2D eigenvalue weighted by atomic mass is 16.4. The summed E-state index contributed by atoms with van der Waals surface area (Å²) in [5.74, 6) is -0.923. The highest BCUT2D eigenvalue weighted by molar-refractivity contribution is 5.74. The van der Waals surface area contributed by atoms with Gasteiger partial charge in [-0.3, -0.25) is 4.79 Å². The molecule has 0 aliphatic heterocycles. The van der Waals surface area contributed by atoms with E-state index in [1.807, 2.05) is 11.9 Å². The van der Waals surface area contributed by atoms with E-state index >= 15 is 0 Å². The predicted molar refractivity (Wildman–Crippen MR) is 85.8 cm³/mol. The molecule has 126 valence electrons. The molecule has 2 aliphatic rings. The Hall–Kier alpha value is -1.26. The zero-order valence-corrected chi connectivity index (χ0v) is 13.7. The summed E-state index contributed by atoms with van der Waals surface area (Å²) < 4.78 is 0. The van der Waals surface area contributed by atoms with E-state index in [0.29, 0.717) is 18.9 Å². The van der Waals surface area contributed by atoms with Crippen LogP contribution in [0.3, 0.4) is 0 Å². The van der Waals surface area contributed by atoms with Crippen molar-refractivity contribution in [2.75, 3.05) is 7.05 Å². The van der Waals surface area contributed by atoms with Gasteiger partial charge in [-0.15, -0.1) is 0 Å². The lowest BCUT2D eigenvalue weighted by Gasteiger charge is -2.33. The van der Waals surface area contributed by atoms with Crippen LogP contribution >= 0.6 is 0 Å². The highest BCUT2D eigenvalue weighted by Crippen LogP contribution is 2.25. The van der Waals surface area contributed by atoms with Crippen LogP contribution in [0.15, 0.2) is 0 Å². The number of carboxylic acids is 1. The van der Waals surface area contributed by atoms with Gasteiger partial charge < -0.3 is 15.3 Å². The van der Waals surface area contributed by atoms with Crippen molar-refractivity contribution < 1.29 is 14.7 Å². The second-order valence-corrected chi connectivity index (χ2v) is 6.95. The maximum atomic E-state index is 12.4. The van der Waals surface area contributed by atoms with Crippen LogP contribution in [0.5, 0.6) is 0 Å². The average molecular weight is 310 g/mol. The minimum absolute atomic E-state index is 0.0179. The Bertz CT molecular complexity index is 370. The lowest BCUT2D eigenvalue weighted by molar-refractivity contribution is -0.142. The lowest BCUT2D eigenvalue weighted by atomic mass is 9.86. The van der Waals surface area contributed by atoms with Crippen molar-refractivity contribution in [2.24, 2.45) is 5.92 Å². The van der Waals surface area contributed by atoms with Gasteiger partial charge in [0.15, 0.2) is 0 Å². The van der Waals surface area contributed by atoms with Gasteiger partial charge in [-0.2, -0.15) is 0 Å². The molecule has 0 spiro atoms. The summed E-state index contributed by atoms with van der Waals surface area (Å²) in [4.78, 5) is 25.3. The van der Waals surface area contributed by atoms with Gasteiger partial charge in [0.1, 0.15) is 0 Å². The first-order chi connectivity index (χ1) is 10.6. The van der Waals surface area contributed by atoms with Crippen LogP contribution in [0.2, 0.25) is 0 Å². The normalized spacial score (nSPS) is 27.5. The quantitative estimate of drug-likeness (QED) is 0.839. The van der Waals surface area contributed by atoms with Crippen molar-refractivity contribution in [1.82, 2.24) is 10.2 Å². The van der Waals surface area contributed by atoms with Gasteiger partial charge in [0.05, 0.1) is 5.92 Å². The number of hydrogen-bond acceptors (Lipinski definition) is 2. The Labute approximate surface area is 133 Å². The third kappa shape index (κ3) is 4.89. The molecule has 0 bridgehead atoms. The van der Waals surface area contributed by atoms with Crippen LogP contribution in [-0.4, -0.2) is 41.1 Å². The molecule has 2 amide bonds. The summed E-state index contributed by atoms with van der Waals surface area (Å²) in [6.45, 7) is 0. The number of urea groups is 1. The van der Waals surface area contributed by atoms with Crippen molar-refractivity contribution in [3.63, 3.8) is 0 Å². The molecule has 0 atom stereocenters. The summed E-state index contributed by atoms with van der Waals surface area (Å²) in [6, 6.07) is 0.513. The molecule has 0 aromatic heterocycles. The molecule has 0 radical (unpaired) electrons. The van der Waals surface area contributed by atoms with Gasteiger partial charge in [0.2, 0.25) is 0 Å². The number of amides is 2. The molecule has 0 saturated heterocycles. The SMILES string of the molecule is CN(C(=O)NC1CCC(C(=O)O)CC1)C1CCCCCCC1. The standard InChI is InChI=1S/C17H30N2O3/c1-19(15-7-5-3-2-4-6-8-15)17(22)18-14-11-9-13(10-12-14)16(20)21/h13-15H,2-12H2,1H3,(H,18,22)(H,20,21).